The summed E-state index contributed by atoms with van der Waals surface area (Å²) in [6.45, 7) is 0.749. The largest absolute Gasteiger partial charge is 0.453 e. The van der Waals surface area contributed by atoms with Gasteiger partial charge in [-0.15, -0.1) is 0 Å². The van der Waals surface area contributed by atoms with Gasteiger partial charge in [0.2, 0.25) is 0 Å². The van der Waals surface area contributed by atoms with Gasteiger partial charge in [0, 0.05) is 30.7 Å². The van der Waals surface area contributed by atoms with E-state index in [1.807, 2.05) is 42.9 Å². The van der Waals surface area contributed by atoms with E-state index in [-0.39, 0.29) is 0 Å². The number of hydrogen-bond donors (Lipinski definition) is 1. The Morgan fingerprint density at radius 1 is 1.21 bits per heavy atom. The van der Waals surface area contributed by atoms with Crippen molar-refractivity contribution >= 4 is 11.8 Å². The topological polar surface area (TPSA) is 55.9 Å². The summed E-state index contributed by atoms with van der Waals surface area (Å²) in [5.41, 5.74) is 0. The zero-order chi connectivity index (χ0) is 16.2. The predicted octanol–water partition coefficient (Wildman–Crippen LogP) is 3.91. The molecule has 124 valence electrons. The summed E-state index contributed by atoms with van der Waals surface area (Å²) >= 11 is 1.55. The lowest BCUT2D eigenvalue weighted by atomic mass is 10.1. The minimum absolute atomic E-state index is 0.469. The average molecular weight is 340 g/mol. The molecule has 0 unspecified atom stereocenters. The van der Waals surface area contributed by atoms with Gasteiger partial charge in [-0.05, 0) is 55.3 Å². The molecule has 4 rings (SSSR count). The average Bonchev–Trinajstić information content (AvgIpc) is 3.35. The van der Waals surface area contributed by atoms with Crippen molar-refractivity contribution in [2.24, 2.45) is 0 Å². The summed E-state index contributed by atoms with van der Waals surface area (Å²) in [5, 5.41) is 5.47. The molecule has 3 aromatic rings. The normalized spacial score (nSPS) is 20.5. The maximum atomic E-state index is 5.91. The second-order valence-corrected chi connectivity index (χ2v) is 7.01. The summed E-state index contributed by atoms with van der Waals surface area (Å²) in [7, 11) is 0. The molecular formula is C18H20N4OS. The maximum Gasteiger partial charge on any atom is 0.166 e. The van der Waals surface area contributed by atoms with E-state index in [1.54, 1.807) is 18.0 Å². The zero-order valence-corrected chi connectivity index (χ0v) is 14.2. The molecule has 24 heavy (non-hydrogen) atoms. The van der Waals surface area contributed by atoms with E-state index in [4.69, 9.17) is 4.42 Å². The first-order valence-electron chi connectivity index (χ1n) is 8.27. The van der Waals surface area contributed by atoms with Crippen LogP contribution in [0.4, 0.5) is 0 Å². The van der Waals surface area contributed by atoms with Crippen molar-refractivity contribution in [1.82, 2.24) is 19.9 Å². The molecule has 0 saturated heterocycles. The van der Waals surface area contributed by atoms with Crippen LogP contribution in [-0.4, -0.2) is 20.6 Å². The van der Waals surface area contributed by atoms with E-state index < -0.39 is 0 Å². The minimum atomic E-state index is 0.469. The fourth-order valence-electron chi connectivity index (χ4n) is 3.25. The van der Waals surface area contributed by atoms with E-state index in [1.165, 1.54) is 19.3 Å². The third-order valence-electron chi connectivity index (χ3n) is 4.41. The van der Waals surface area contributed by atoms with Crippen LogP contribution >= 0.6 is 11.8 Å². The van der Waals surface area contributed by atoms with Crippen molar-refractivity contribution in [2.45, 2.75) is 48.0 Å². The zero-order valence-electron chi connectivity index (χ0n) is 13.3. The summed E-state index contributed by atoms with van der Waals surface area (Å²) in [6.07, 6.45) is 11.3. The summed E-state index contributed by atoms with van der Waals surface area (Å²) in [6, 6.07) is 10.9. The van der Waals surface area contributed by atoms with Crippen LogP contribution in [0.2, 0.25) is 0 Å². The fourth-order valence-corrected chi connectivity index (χ4v) is 4.00. The lowest BCUT2D eigenvalue weighted by Crippen LogP contribution is -2.33. The van der Waals surface area contributed by atoms with Gasteiger partial charge in [0.15, 0.2) is 5.09 Å². The number of aromatic nitrogens is 3. The van der Waals surface area contributed by atoms with Gasteiger partial charge < -0.3 is 14.3 Å². The van der Waals surface area contributed by atoms with Crippen molar-refractivity contribution in [3.63, 3.8) is 0 Å². The number of nitrogens with zero attached hydrogens (tertiary/aromatic N) is 3. The highest BCUT2D eigenvalue weighted by molar-refractivity contribution is 7.99. The Kier molecular flexibility index (Phi) is 4.66. The molecule has 1 saturated carbocycles. The number of pyridine rings is 1. The lowest BCUT2D eigenvalue weighted by molar-refractivity contribution is 0.357. The summed E-state index contributed by atoms with van der Waals surface area (Å²) in [5.74, 6) is 0.963. The second-order valence-electron chi connectivity index (χ2n) is 5.99. The van der Waals surface area contributed by atoms with Crippen LogP contribution in [0, 0.1) is 0 Å². The van der Waals surface area contributed by atoms with Crippen molar-refractivity contribution < 1.29 is 4.42 Å². The highest BCUT2D eigenvalue weighted by Crippen LogP contribution is 2.31. The Balaban J connectivity index is 1.35. The Bertz CT molecular complexity index is 756. The van der Waals surface area contributed by atoms with Gasteiger partial charge in [-0.25, -0.2) is 9.97 Å². The molecule has 3 heterocycles. The maximum absolute atomic E-state index is 5.91. The van der Waals surface area contributed by atoms with Crippen molar-refractivity contribution in [3.05, 3.63) is 61.0 Å². The van der Waals surface area contributed by atoms with Gasteiger partial charge >= 0.3 is 0 Å². The Morgan fingerprint density at radius 2 is 2.21 bits per heavy atom. The van der Waals surface area contributed by atoms with Gasteiger partial charge in [-0.2, -0.15) is 0 Å². The molecule has 0 bridgehead atoms. The number of rotatable bonds is 6. The van der Waals surface area contributed by atoms with E-state index in [0.29, 0.717) is 12.1 Å². The molecule has 1 N–H and O–H groups in total. The SMILES string of the molecule is c1ccc(Sc2ccc(CN[C@@H]3CCC[C@@H]3n3ccnc3)o2)nc1. The van der Waals surface area contributed by atoms with Crippen LogP contribution in [0.25, 0.3) is 0 Å². The molecule has 5 nitrogen and oxygen atoms in total. The van der Waals surface area contributed by atoms with Crippen molar-refractivity contribution in [1.29, 1.82) is 0 Å². The molecule has 2 atom stereocenters. The molecule has 0 aromatic carbocycles. The van der Waals surface area contributed by atoms with E-state index in [9.17, 15) is 0 Å². The van der Waals surface area contributed by atoms with Crippen molar-refractivity contribution in [3.8, 4) is 0 Å². The number of imidazole rings is 1. The Morgan fingerprint density at radius 3 is 3.04 bits per heavy atom. The minimum Gasteiger partial charge on any atom is -0.453 e. The molecule has 1 fully saturated rings. The Labute approximate surface area is 145 Å². The van der Waals surface area contributed by atoms with E-state index >= 15 is 0 Å². The van der Waals surface area contributed by atoms with Crippen molar-refractivity contribution in [2.75, 3.05) is 0 Å². The molecule has 0 spiro atoms. The van der Waals surface area contributed by atoms with Gasteiger partial charge in [-0.3, -0.25) is 0 Å². The highest BCUT2D eigenvalue weighted by atomic mass is 32.2. The van der Waals surface area contributed by atoms with E-state index in [0.717, 1.165) is 22.4 Å². The quantitative estimate of drug-likeness (QED) is 0.737. The molecular weight excluding hydrogens is 320 g/mol. The predicted molar refractivity (Wildman–Crippen MR) is 92.8 cm³/mol. The molecule has 3 aromatic heterocycles. The molecule has 1 aliphatic rings. The molecule has 0 amide bonds. The number of nitrogens with one attached hydrogen (secondary N) is 1. The van der Waals surface area contributed by atoms with Crippen LogP contribution in [0.3, 0.4) is 0 Å². The standard InChI is InChI=1S/C18H20N4OS/c1-2-9-20-17(6-1)24-18-8-7-14(23-18)12-21-15-4-3-5-16(15)22-11-10-19-13-22/h1-2,6-11,13,15-16,21H,3-5,12H2/t15-,16+/m1/s1. The van der Waals surface area contributed by atoms with Crippen LogP contribution in [0.15, 0.2) is 69.8 Å². The molecule has 6 heteroatoms. The molecule has 1 aliphatic carbocycles. The van der Waals surface area contributed by atoms with Gasteiger partial charge in [0.1, 0.15) is 10.8 Å². The number of hydrogen-bond acceptors (Lipinski definition) is 5. The third kappa shape index (κ3) is 3.55. The molecule has 0 aliphatic heterocycles. The smallest absolute Gasteiger partial charge is 0.166 e. The Hall–Kier alpha value is -2.05. The van der Waals surface area contributed by atoms with Gasteiger partial charge in [-0.1, -0.05) is 6.07 Å². The van der Waals surface area contributed by atoms with Gasteiger partial charge in [0.25, 0.3) is 0 Å². The van der Waals surface area contributed by atoms with Crippen LogP contribution in [-0.2, 0) is 6.54 Å². The first-order chi connectivity index (χ1) is 11.9. The van der Waals surface area contributed by atoms with Crippen LogP contribution < -0.4 is 5.32 Å². The highest BCUT2D eigenvalue weighted by Gasteiger charge is 2.28. The van der Waals surface area contributed by atoms with Crippen LogP contribution in [0.5, 0.6) is 0 Å². The first-order valence-corrected chi connectivity index (χ1v) is 9.08. The van der Waals surface area contributed by atoms with Crippen LogP contribution in [0.1, 0.15) is 31.1 Å². The summed E-state index contributed by atoms with van der Waals surface area (Å²) < 4.78 is 8.13. The van der Waals surface area contributed by atoms with Gasteiger partial charge in [0.05, 0.1) is 12.9 Å². The monoisotopic (exact) mass is 340 g/mol. The lowest BCUT2D eigenvalue weighted by Gasteiger charge is -2.21. The van der Waals surface area contributed by atoms with E-state index in [2.05, 4.69) is 26.0 Å². The second kappa shape index (κ2) is 7.23. The molecule has 0 radical (unpaired) electrons. The summed E-state index contributed by atoms with van der Waals surface area (Å²) in [4.78, 5) is 8.48. The third-order valence-corrected chi connectivity index (χ3v) is 5.28. The number of furan rings is 1. The fraction of sp³-hybridized carbons (Fsp3) is 0.333. The first kappa shape index (κ1) is 15.5.